The summed E-state index contributed by atoms with van der Waals surface area (Å²) in [5.74, 6) is 0. The molecule has 0 aromatic carbocycles. The lowest BCUT2D eigenvalue weighted by Crippen LogP contribution is -2.64. The van der Waals surface area contributed by atoms with E-state index in [-0.39, 0.29) is 11.6 Å². The Labute approximate surface area is 176 Å². The molecule has 0 amide bonds. The maximum atomic E-state index is 10.3. The Hall–Kier alpha value is -0.223. The molecule has 30 heavy (non-hydrogen) atoms. The molecule has 2 heterocycles. The molecule has 7 N–H and O–H groups in total. The molecule has 0 bridgehead atoms. The zero-order chi connectivity index (χ0) is 23.0. The van der Waals surface area contributed by atoms with Crippen molar-refractivity contribution in [3.63, 3.8) is 0 Å². The second-order valence-corrected chi connectivity index (χ2v) is 14.2. The van der Waals surface area contributed by atoms with Crippen molar-refractivity contribution in [2.75, 3.05) is 13.2 Å². The molecule has 2 rings (SSSR count). The molecule has 0 unspecified atom stereocenters. The largest absolute Gasteiger partial charge is 0.414 e. The molecule has 0 radical (unpaired) electrons. The predicted molar refractivity (Wildman–Crippen MR) is 105 cm³/mol. The highest BCUT2D eigenvalue weighted by Crippen LogP contribution is 2.37. The number of hydrogen-bond donors (Lipinski definition) is 7. The van der Waals surface area contributed by atoms with Crippen LogP contribution in [0.5, 0.6) is 0 Å². The van der Waals surface area contributed by atoms with E-state index in [0.29, 0.717) is 0 Å². The first-order chi connectivity index (χ1) is 13.7. The van der Waals surface area contributed by atoms with Crippen LogP contribution in [0.15, 0.2) is 0 Å². The van der Waals surface area contributed by atoms with E-state index in [0.717, 1.165) is 0 Å². The van der Waals surface area contributed by atoms with E-state index in [2.05, 4.69) is 0 Å². The highest BCUT2D eigenvalue weighted by atomic mass is 28.4. The molecule has 0 aliphatic carbocycles. The minimum atomic E-state index is -2.20. The Morgan fingerprint density at radius 2 is 1.40 bits per heavy atom. The summed E-state index contributed by atoms with van der Waals surface area (Å²) in [6.45, 7) is 9.43. The molecule has 2 aliphatic heterocycles. The van der Waals surface area contributed by atoms with E-state index in [9.17, 15) is 35.7 Å². The normalized spacial score (nSPS) is 43.6. The van der Waals surface area contributed by atoms with E-state index >= 15 is 0 Å². The zero-order valence-electron chi connectivity index (χ0n) is 18.0. The number of hydrogen-bond acceptors (Lipinski definition) is 11. The van der Waals surface area contributed by atoms with Crippen LogP contribution in [-0.2, 0) is 18.6 Å². The van der Waals surface area contributed by atoms with Crippen LogP contribution in [0.2, 0.25) is 18.1 Å². The first-order valence-corrected chi connectivity index (χ1v) is 12.9. The van der Waals surface area contributed by atoms with Gasteiger partial charge in [-0.2, -0.15) is 0 Å². The average molecular weight is 457 g/mol. The Morgan fingerprint density at radius 3 is 1.93 bits per heavy atom. The third-order valence-corrected chi connectivity index (χ3v) is 10.7. The summed E-state index contributed by atoms with van der Waals surface area (Å²) >= 11 is 0. The Balaban J connectivity index is 2.12. The summed E-state index contributed by atoms with van der Waals surface area (Å²) in [7, 11) is -2.20. The summed E-state index contributed by atoms with van der Waals surface area (Å²) in [4.78, 5) is 0. The number of aliphatic hydroxyl groups is 7. The molecule has 0 spiro atoms. The molecular formula is C18H36O11Si. The standard InChI is InChI=1S/C18H36O11Si/c1-18(2,3)30(4,5)26-7-9-10(20)11(21)14(24)17(28-9)29-15-8(6-19)27-16(25)13(23)12(15)22/h8-17,19-25H,6-7H2,1-5H3/t8-,9-,10+,11+,12-,13-,14-,15-,16-,17+/m1/s1. The summed E-state index contributed by atoms with van der Waals surface area (Å²) in [6.07, 6.45) is -15.0. The molecule has 0 aromatic heterocycles. The van der Waals surface area contributed by atoms with Crippen molar-refractivity contribution in [3.05, 3.63) is 0 Å². The molecule has 0 saturated carbocycles. The third kappa shape index (κ3) is 5.39. The van der Waals surface area contributed by atoms with Crippen molar-refractivity contribution in [1.29, 1.82) is 0 Å². The first-order valence-electron chi connectivity index (χ1n) is 10.0. The van der Waals surface area contributed by atoms with Crippen LogP contribution in [0.25, 0.3) is 0 Å². The van der Waals surface area contributed by atoms with Crippen LogP contribution >= 0.6 is 0 Å². The molecule has 0 aromatic rings. The van der Waals surface area contributed by atoms with Gasteiger partial charge in [-0.25, -0.2) is 0 Å². The third-order valence-electron chi connectivity index (χ3n) is 6.21. The quantitative estimate of drug-likeness (QED) is 0.212. The first kappa shape index (κ1) is 26.0. The van der Waals surface area contributed by atoms with Gasteiger partial charge in [0.05, 0.1) is 13.2 Å². The van der Waals surface area contributed by atoms with Crippen molar-refractivity contribution in [2.24, 2.45) is 0 Å². The van der Waals surface area contributed by atoms with Gasteiger partial charge in [-0.3, -0.25) is 0 Å². The maximum absolute atomic E-state index is 10.3. The van der Waals surface area contributed by atoms with Gasteiger partial charge >= 0.3 is 0 Å². The highest BCUT2D eigenvalue weighted by molar-refractivity contribution is 6.74. The van der Waals surface area contributed by atoms with Gasteiger partial charge in [-0.05, 0) is 18.1 Å². The molecule has 11 nitrogen and oxygen atoms in total. The molecular weight excluding hydrogens is 420 g/mol. The minimum absolute atomic E-state index is 0.0597. The second kappa shape index (κ2) is 9.73. The summed E-state index contributed by atoms with van der Waals surface area (Å²) in [6, 6.07) is 0. The van der Waals surface area contributed by atoms with Crippen molar-refractivity contribution in [1.82, 2.24) is 0 Å². The second-order valence-electron chi connectivity index (χ2n) is 9.42. The van der Waals surface area contributed by atoms with Crippen molar-refractivity contribution >= 4 is 8.32 Å². The van der Waals surface area contributed by atoms with Gasteiger partial charge in [0.15, 0.2) is 20.9 Å². The van der Waals surface area contributed by atoms with Gasteiger partial charge in [0.25, 0.3) is 0 Å². The maximum Gasteiger partial charge on any atom is 0.192 e. The Bertz CT molecular complexity index is 555. The molecule has 10 atom stereocenters. The smallest absolute Gasteiger partial charge is 0.192 e. The number of aliphatic hydroxyl groups excluding tert-OH is 7. The van der Waals surface area contributed by atoms with Gasteiger partial charge in [-0.1, -0.05) is 20.8 Å². The number of ether oxygens (including phenoxy) is 3. The fourth-order valence-corrected chi connectivity index (χ4v) is 4.08. The van der Waals surface area contributed by atoms with E-state index in [1.54, 1.807) is 0 Å². The van der Waals surface area contributed by atoms with Crippen LogP contribution in [0.4, 0.5) is 0 Å². The summed E-state index contributed by atoms with van der Waals surface area (Å²) in [5, 5.41) is 69.8. The van der Waals surface area contributed by atoms with Crippen LogP contribution in [-0.4, -0.2) is 119 Å². The van der Waals surface area contributed by atoms with Crippen LogP contribution < -0.4 is 0 Å². The molecule has 2 fully saturated rings. The van der Waals surface area contributed by atoms with E-state index in [4.69, 9.17) is 18.6 Å². The number of rotatable bonds is 6. The minimum Gasteiger partial charge on any atom is -0.414 e. The Morgan fingerprint density at radius 1 is 0.800 bits per heavy atom. The van der Waals surface area contributed by atoms with Gasteiger partial charge in [-0.15, -0.1) is 0 Å². The lowest BCUT2D eigenvalue weighted by atomic mass is 9.97. The monoisotopic (exact) mass is 456 g/mol. The fraction of sp³-hybridized carbons (Fsp3) is 1.00. The molecule has 2 aliphatic rings. The fourth-order valence-electron chi connectivity index (χ4n) is 3.06. The van der Waals surface area contributed by atoms with Crippen molar-refractivity contribution in [2.45, 2.75) is 100 Å². The van der Waals surface area contributed by atoms with Crippen molar-refractivity contribution < 1.29 is 54.4 Å². The van der Waals surface area contributed by atoms with Crippen molar-refractivity contribution in [3.8, 4) is 0 Å². The SMILES string of the molecule is CC(C)(C)[Si](C)(C)OC[C@H]1O[C@@H](O[C@H]2[C@H](O)[C@@H](O)[C@H](O)O[C@@H]2CO)[C@H](O)[C@@H](O)[C@H]1O. The molecule has 12 heteroatoms. The lowest BCUT2D eigenvalue weighted by molar-refractivity contribution is -0.354. The van der Waals surface area contributed by atoms with E-state index in [1.807, 2.05) is 33.9 Å². The average Bonchev–Trinajstić information content (AvgIpc) is 2.66. The van der Waals surface area contributed by atoms with Crippen LogP contribution in [0.1, 0.15) is 20.8 Å². The van der Waals surface area contributed by atoms with Gasteiger partial charge in [0, 0.05) is 0 Å². The zero-order valence-corrected chi connectivity index (χ0v) is 19.0. The Kier molecular flexibility index (Phi) is 8.44. The summed E-state index contributed by atoms with van der Waals surface area (Å²) in [5.41, 5.74) is 0. The van der Waals surface area contributed by atoms with Crippen LogP contribution in [0.3, 0.4) is 0 Å². The predicted octanol–water partition coefficient (Wildman–Crippen LogP) is -2.37. The summed E-state index contributed by atoms with van der Waals surface area (Å²) < 4.78 is 22.2. The van der Waals surface area contributed by atoms with Crippen LogP contribution in [0, 0.1) is 0 Å². The highest BCUT2D eigenvalue weighted by Gasteiger charge is 2.50. The van der Waals surface area contributed by atoms with E-state index in [1.165, 1.54) is 0 Å². The lowest BCUT2D eigenvalue weighted by Gasteiger charge is -2.46. The van der Waals surface area contributed by atoms with Gasteiger partial charge in [0.2, 0.25) is 0 Å². The molecule has 2 saturated heterocycles. The van der Waals surface area contributed by atoms with Gasteiger partial charge in [0.1, 0.15) is 48.8 Å². The van der Waals surface area contributed by atoms with Gasteiger partial charge < -0.3 is 54.4 Å². The molecule has 178 valence electrons. The van der Waals surface area contributed by atoms with E-state index < -0.39 is 76.3 Å². The topological polar surface area (TPSA) is 179 Å².